The predicted molar refractivity (Wildman–Crippen MR) is 80.5 cm³/mol. The van der Waals surface area contributed by atoms with Gasteiger partial charge in [-0.1, -0.05) is 6.07 Å². The van der Waals surface area contributed by atoms with Gasteiger partial charge >= 0.3 is 11.9 Å². The summed E-state index contributed by atoms with van der Waals surface area (Å²) in [6, 6.07) is 4.66. The first-order valence-electron chi connectivity index (χ1n) is 6.53. The number of carboxylic acids is 2. The van der Waals surface area contributed by atoms with Gasteiger partial charge in [-0.15, -0.1) is 0 Å². The lowest BCUT2D eigenvalue weighted by Gasteiger charge is -2.14. The number of nitrogens with one attached hydrogen (secondary N) is 1. The fourth-order valence-electron chi connectivity index (χ4n) is 2.11. The third kappa shape index (κ3) is 3.82. The van der Waals surface area contributed by atoms with Gasteiger partial charge in [-0.25, -0.2) is 8.42 Å². The van der Waals surface area contributed by atoms with Crippen molar-refractivity contribution in [3.05, 3.63) is 36.0 Å². The summed E-state index contributed by atoms with van der Waals surface area (Å²) in [5.41, 5.74) is 0.834. The highest BCUT2D eigenvalue weighted by Gasteiger charge is 2.29. The molecule has 1 aromatic heterocycles. The Balaban J connectivity index is 2.51. The van der Waals surface area contributed by atoms with Crippen molar-refractivity contribution in [1.29, 1.82) is 0 Å². The molecule has 0 radical (unpaired) electrons. The maximum absolute atomic E-state index is 12.5. The van der Waals surface area contributed by atoms with Crippen LogP contribution in [0, 0.1) is 6.92 Å². The van der Waals surface area contributed by atoms with Crippen LogP contribution < -0.4 is 4.72 Å². The fraction of sp³-hybridized carbons (Fsp3) is 0.214. The Labute approximate surface area is 131 Å². The van der Waals surface area contributed by atoms with Crippen LogP contribution in [-0.2, 0) is 19.6 Å². The number of aromatic nitrogens is 1. The summed E-state index contributed by atoms with van der Waals surface area (Å²) in [5.74, 6) is -2.99. The number of carboxylic acid groups (broad SMARTS) is 2. The predicted octanol–water partition coefficient (Wildman–Crippen LogP) is 0.749. The normalized spacial score (nSPS) is 12.9. The number of carbonyl (C=O) groups is 2. The van der Waals surface area contributed by atoms with Crippen LogP contribution in [-0.4, -0.2) is 41.6 Å². The highest BCUT2D eigenvalue weighted by molar-refractivity contribution is 7.89. The van der Waals surface area contributed by atoms with E-state index in [9.17, 15) is 18.0 Å². The van der Waals surface area contributed by atoms with Crippen molar-refractivity contribution in [2.75, 3.05) is 0 Å². The Morgan fingerprint density at radius 1 is 1.30 bits per heavy atom. The van der Waals surface area contributed by atoms with Gasteiger partial charge in [-0.05, 0) is 30.7 Å². The largest absolute Gasteiger partial charge is 0.481 e. The number of fused-ring (bicyclic) bond motifs is 1. The summed E-state index contributed by atoms with van der Waals surface area (Å²) in [6.45, 7) is 1.69. The standard InChI is InChI=1S/C14H14N2O6S/c1-8-5-9-3-2-4-15-13(9)11(6-8)23(21,22)16-10(14(19)20)7-12(17)18/h2-6,10,16H,7H2,1H3,(H,17,18)(H,19,20). The monoisotopic (exact) mass is 338 g/mol. The van der Waals surface area contributed by atoms with Gasteiger partial charge in [0.1, 0.15) is 10.9 Å². The molecule has 8 nitrogen and oxygen atoms in total. The molecule has 9 heteroatoms. The maximum Gasteiger partial charge on any atom is 0.322 e. The van der Waals surface area contributed by atoms with E-state index >= 15 is 0 Å². The van der Waals surface area contributed by atoms with Gasteiger partial charge in [0.05, 0.1) is 11.9 Å². The molecule has 0 aliphatic carbocycles. The molecular formula is C14H14N2O6S. The molecule has 0 amide bonds. The first kappa shape index (κ1) is 16.8. The summed E-state index contributed by atoms with van der Waals surface area (Å²) in [4.78, 5) is 25.6. The van der Waals surface area contributed by atoms with Crippen molar-refractivity contribution in [2.24, 2.45) is 0 Å². The molecule has 1 unspecified atom stereocenters. The summed E-state index contributed by atoms with van der Waals surface area (Å²) < 4.78 is 26.9. The van der Waals surface area contributed by atoms with E-state index in [0.29, 0.717) is 10.9 Å². The number of benzene rings is 1. The van der Waals surface area contributed by atoms with Crippen LogP contribution in [0.5, 0.6) is 0 Å². The summed E-state index contributed by atoms with van der Waals surface area (Å²) in [7, 11) is -4.26. The third-order valence-electron chi connectivity index (χ3n) is 3.08. The lowest BCUT2D eigenvalue weighted by atomic mass is 10.1. The molecule has 122 valence electrons. The lowest BCUT2D eigenvalue weighted by Crippen LogP contribution is -2.42. The fourth-order valence-corrected chi connectivity index (χ4v) is 3.56. The number of nitrogens with zero attached hydrogens (tertiary/aromatic N) is 1. The van der Waals surface area contributed by atoms with E-state index in [1.807, 2.05) is 4.72 Å². The summed E-state index contributed by atoms with van der Waals surface area (Å²) in [6.07, 6.45) is 0.550. The van der Waals surface area contributed by atoms with Crippen LogP contribution in [0.15, 0.2) is 35.4 Å². The molecule has 0 spiro atoms. The summed E-state index contributed by atoms with van der Waals surface area (Å²) >= 11 is 0. The Morgan fingerprint density at radius 2 is 2.00 bits per heavy atom. The van der Waals surface area contributed by atoms with E-state index in [1.165, 1.54) is 12.3 Å². The minimum atomic E-state index is -4.26. The molecule has 0 saturated heterocycles. The highest BCUT2D eigenvalue weighted by atomic mass is 32.2. The van der Waals surface area contributed by atoms with Crippen molar-refractivity contribution in [2.45, 2.75) is 24.3 Å². The molecule has 23 heavy (non-hydrogen) atoms. The van der Waals surface area contributed by atoms with Crippen molar-refractivity contribution in [1.82, 2.24) is 9.71 Å². The smallest absolute Gasteiger partial charge is 0.322 e. The van der Waals surface area contributed by atoms with E-state index in [-0.39, 0.29) is 10.4 Å². The minimum Gasteiger partial charge on any atom is -0.481 e. The van der Waals surface area contributed by atoms with Crippen LogP contribution in [0.25, 0.3) is 10.9 Å². The number of hydrogen-bond donors (Lipinski definition) is 3. The molecule has 0 aliphatic rings. The zero-order chi connectivity index (χ0) is 17.2. The molecule has 0 bridgehead atoms. The van der Waals surface area contributed by atoms with Crippen molar-refractivity contribution < 1.29 is 28.2 Å². The van der Waals surface area contributed by atoms with Gasteiger partial charge in [-0.2, -0.15) is 4.72 Å². The van der Waals surface area contributed by atoms with Gasteiger partial charge in [0, 0.05) is 11.6 Å². The minimum absolute atomic E-state index is 0.185. The Kier molecular flexibility index (Phi) is 4.62. The SMILES string of the molecule is Cc1cc(S(=O)(=O)NC(CC(=O)O)C(=O)O)c2ncccc2c1. The highest BCUT2D eigenvalue weighted by Crippen LogP contribution is 2.23. The number of hydrogen-bond acceptors (Lipinski definition) is 5. The molecule has 3 N–H and O–H groups in total. The molecule has 2 rings (SSSR count). The van der Waals surface area contributed by atoms with E-state index < -0.39 is 34.4 Å². The molecule has 1 aromatic carbocycles. The Morgan fingerprint density at radius 3 is 2.61 bits per heavy atom. The molecule has 0 fully saturated rings. The second kappa shape index (κ2) is 6.31. The van der Waals surface area contributed by atoms with Crippen molar-refractivity contribution in [3.63, 3.8) is 0 Å². The Hall–Kier alpha value is -2.52. The van der Waals surface area contributed by atoms with Gasteiger partial charge in [0.15, 0.2) is 0 Å². The number of aliphatic carboxylic acids is 2. The first-order chi connectivity index (χ1) is 10.7. The van der Waals surface area contributed by atoms with Crippen LogP contribution in [0.4, 0.5) is 0 Å². The van der Waals surface area contributed by atoms with Crippen LogP contribution in [0.3, 0.4) is 0 Å². The van der Waals surface area contributed by atoms with E-state index in [4.69, 9.17) is 10.2 Å². The molecule has 2 aromatic rings. The molecule has 1 atom stereocenters. The molecule has 0 saturated carbocycles. The maximum atomic E-state index is 12.5. The zero-order valence-corrected chi connectivity index (χ0v) is 12.9. The Bertz CT molecular complexity index is 878. The van der Waals surface area contributed by atoms with E-state index in [0.717, 1.165) is 0 Å². The quantitative estimate of drug-likeness (QED) is 0.707. The van der Waals surface area contributed by atoms with Gasteiger partial charge in [-0.3, -0.25) is 14.6 Å². The van der Waals surface area contributed by atoms with Gasteiger partial charge in [0.25, 0.3) is 0 Å². The van der Waals surface area contributed by atoms with E-state index in [2.05, 4.69) is 4.98 Å². The number of rotatable bonds is 6. The second-order valence-corrected chi connectivity index (χ2v) is 6.63. The van der Waals surface area contributed by atoms with Gasteiger partial charge < -0.3 is 10.2 Å². The third-order valence-corrected chi connectivity index (χ3v) is 4.56. The molecular weight excluding hydrogens is 324 g/mol. The van der Waals surface area contributed by atoms with E-state index in [1.54, 1.807) is 25.1 Å². The number of aryl methyl sites for hydroxylation is 1. The van der Waals surface area contributed by atoms with Crippen LogP contribution >= 0.6 is 0 Å². The number of pyridine rings is 1. The van der Waals surface area contributed by atoms with Crippen LogP contribution in [0.1, 0.15) is 12.0 Å². The first-order valence-corrected chi connectivity index (χ1v) is 8.01. The molecule has 0 aliphatic heterocycles. The van der Waals surface area contributed by atoms with Crippen molar-refractivity contribution in [3.8, 4) is 0 Å². The van der Waals surface area contributed by atoms with Gasteiger partial charge in [0.2, 0.25) is 10.0 Å². The zero-order valence-electron chi connectivity index (χ0n) is 12.1. The number of sulfonamides is 1. The lowest BCUT2D eigenvalue weighted by molar-refractivity contribution is -0.145. The molecule has 1 heterocycles. The topological polar surface area (TPSA) is 134 Å². The average molecular weight is 338 g/mol. The van der Waals surface area contributed by atoms with Crippen LogP contribution in [0.2, 0.25) is 0 Å². The van der Waals surface area contributed by atoms with Crippen molar-refractivity contribution >= 4 is 32.9 Å². The average Bonchev–Trinajstić information content (AvgIpc) is 2.44. The second-order valence-electron chi connectivity index (χ2n) is 4.95. The summed E-state index contributed by atoms with van der Waals surface area (Å²) in [5, 5.41) is 18.3.